The first-order chi connectivity index (χ1) is 14.5. The fourth-order valence-electron chi connectivity index (χ4n) is 4.82. The fraction of sp³-hybridized carbons (Fsp3) is 0.609. The number of aliphatic hydroxyl groups excluding tert-OH is 1. The maximum atomic E-state index is 12.4. The number of aryl methyl sites for hydroxylation is 1. The molecule has 2 aromatic heterocycles. The Hall–Kier alpha value is -2.25. The van der Waals surface area contributed by atoms with Crippen LogP contribution in [-0.4, -0.2) is 63.7 Å². The largest absolute Gasteiger partial charge is 0.393 e. The van der Waals surface area contributed by atoms with Crippen LogP contribution < -0.4 is 10.6 Å². The molecule has 3 N–H and O–H groups in total. The predicted molar refractivity (Wildman–Crippen MR) is 118 cm³/mol. The van der Waals surface area contributed by atoms with Gasteiger partial charge in [0.2, 0.25) is 5.91 Å². The minimum Gasteiger partial charge on any atom is -0.393 e. The van der Waals surface area contributed by atoms with Gasteiger partial charge in [0.15, 0.2) is 0 Å². The SMILES string of the molecule is CCC(O)[C@H]1CC[C@@H](N2CC(NC(=O)CNc3nccc4ncc(C)cc34)C2)CC1. The van der Waals surface area contributed by atoms with Crippen LogP contribution in [0.3, 0.4) is 0 Å². The molecule has 1 unspecified atom stereocenters. The van der Waals surface area contributed by atoms with Crippen molar-refractivity contribution in [3.8, 4) is 0 Å². The normalized spacial score (nSPS) is 23.7. The lowest BCUT2D eigenvalue weighted by atomic mass is 9.80. The van der Waals surface area contributed by atoms with Gasteiger partial charge in [-0.05, 0) is 62.6 Å². The number of fused-ring (bicyclic) bond motifs is 1. The summed E-state index contributed by atoms with van der Waals surface area (Å²) in [5.41, 5.74) is 1.94. The Morgan fingerprint density at radius 1 is 1.27 bits per heavy atom. The predicted octanol–water partition coefficient (Wildman–Crippen LogP) is 2.48. The summed E-state index contributed by atoms with van der Waals surface area (Å²) in [5, 5.41) is 17.3. The number of aliphatic hydroxyl groups is 1. The Morgan fingerprint density at radius 2 is 2.03 bits per heavy atom. The Morgan fingerprint density at radius 3 is 2.77 bits per heavy atom. The van der Waals surface area contributed by atoms with E-state index in [9.17, 15) is 9.90 Å². The van der Waals surface area contributed by atoms with Gasteiger partial charge in [-0.3, -0.25) is 14.7 Å². The van der Waals surface area contributed by atoms with Crippen molar-refractivity contribution in [1.29, 1.82) is 0 Å². The smallest absolute Gasteiger partial charge is 0.239 e. The molecule has 3 heterocycles. The standard InChI is InChI=1S/C23H33N5O2/c1-3-21(29)16-4-6-18(7-5-16)28-13-17(14-28)27-22(30)12-26-23-19-10-15(2)11-25-20(19)8-9-24-23/h8-11,16-18,21,29H,3-7,12-14H2,1-2H3,(H,24,26)(H,27,30)/t16-,18+,21?. The minimum atomic E-state index is -0.141. The van der Waals surface area contributed by atoms with Gasteiger partial charge in [-0.2, -0.15) is 0 Å². The van der Waals surface area contributed by atoms with Gasteiger partial charge >= 0.3 is 0 Å². The third-order valence-corrected chi connectivity index (χ3v) is 6.66. The van der Waals surface area contributed by atoms with Crippen LogP contribution in [0, 0.1) is 12.8 Å². The van der Waals surface area contributed by atoms with E-state index in [4.69, 9.17) is 0 Å². The Kier molecular flexibility index (Phi) is 6.49. The lowest BCUT2D eigenvalue weighted by Gasteiger charge is -2.47. The average molecular weight is 412 g/mol. The van der Waals surface area contributed by atoms with Gasteiger partial charge in [0.1, 0.15) is 5.82 Å². The molecule has 0 radical (unpaired) electrons. The third kappa shape index (κ3) is 4.73. The van der Waals surface area contributed by atoms with E-state index in [2.05, 4.69) is 32.4 Å². The van der Waals surface area contributed by atoms with E-state index in [-0.39, 0.29) is 24.6 Å². The number of nitrogens with zero attached hydrogens (tertiary/aromatic N) is 3. The number of hydrogen-bond donors (Lipinski definition) is 3. The van der Waals surface area contributed by atoms with E-state index >= 15 is 0 Å². The van der Waals surface area contributed by atoms with Crippen molar-refractivity contribution in [2.75, 3.05) is 25.0 Å². The first kappa shape index (κ1) is 21.0. The molecule has 7 nitrogen and oxygen atoms in total. The summed E-state index contributed by atoms with van der Waals surface area (Å²) >= 11 is 0. The van der Waals surface area contributed by atoms with Gasteiger partial charge < -0.3 is 15.7 Å². The summed E-state index contributed by atoms with van der Waals surface area (Å²) in [6, 6.07) is 4.74. The highest BCUT2D eigenvalue weighted by Crippen LogP contribution is 2.32. The number of hydrogen-bond acceptors (Lipinski definition) is 6. The second-order valence-corrected chi connectivity index (χ2v) is 8.86. The molecule has 1 aliphatic heterocycles. The van der Waals surface area contributed by atoms with Gasteiger partial charge in [-0.1, -0.05) is 6.92 Å². The summed E-state index contributed by atoms with van der Waals surface area (Å²) in [5.74, 6) is 1.16. The van der Waals surface area contributed by atoms with Crippen LogP contribution in [0.5, 0.6) is 0 Å². The number of anilines is 1. The number of nitrogens with one attached hydrogen (secondary N) is 2. The molecule has 30 heavy (non-hydrogen) atoms. The highest BCUT2D eigenvalue weighted by atomic mass is 16.3. The summed E-state index contributed by atoms with van der Waals surface area (Å²) < 4.78 is 0. The molecule has 7 heteroatoms. The number of likely N-dealkylation sites (tertiary alicyclic amines) is 1. The molecule has 4 rings (SSSR count). The maximum absolute atomic E-state index is 12.4. The van der Waals surface area contributed by atoms with E-state index in [1.807, 2.05) is 25.3 Å². The zero-order valence-electron chi connectivity index (χ0n) is 18.0. The van der Waals surface area contributed by atoms with Crippen molar-refractivity contribution in [1.82, 2.24) is 20.2 Å². The lowest BCUT2D eigenvalue weighted by molar-refractivity contribution is -0.121. The number of rotatable bonds is 7. The Bertz CT molecular complexity index is 875. The highest BCUT2D eigenvalue weighted by molar-refractivity contribution is 5.91. The molecule has 2 fully saturated rings. The first-order valence-electron chi connectivity index (χ1n) is 11.2. The van der Waals surface area contributed by atoms with Crippen LogP contribution in [0.15, 0.2) is 24.5 Å². The quantitative estimate of drug-likeness (QED) is 0.649. The summed E-state index contributed by atoms with van der Waals surface area (Å²) in [4.78, 5) is 23.7. The molecule has 1 aliphatic carbocycles. The van der Waals surface area contributed by atoms with Gasteiger partial charge in [-0.25, -0.2) is 4.98 Å². The zero-order valence-corrected chi connectivity index (χ0v) is 18.0. The topological polar surface area (TPSA) is 90.4 Å². The molecule has 0 spiro atoms. The molecule has 0 bridgehead atoms. The Balaban J connectivity index is 1.20. The summed E-state index contributed by atoms with van der Waals surface area (Å²) in [7, 11) is 0. The third-order valence-electron chi connectivity index (χ3n) is 6.66. The molecule has 2 aliphatic rings. The molecule has 1 atom stereocenters. The number of amides is 1. The molecule has 162 valence electrons. The Labute approximate surface area is 178 Å². The van der Waals surface area contributed by atoms with E-state index in [0.717, 1.165) is 61.7 Å². The second kappa shape index (κ2) is 9.27. The fourth-order valence-corrected chi connectivity index (χ4v) is 4.82. The van der Waals surface area contributed by atoms with Gasteiger partial charge in [0.05, 0.1) is 24.2 Å². The molecular weight excluding hydrogens is 378 g/mol. The van der Waals surface area contributed by atoms with E-state index in [1.54, 1.807) is 6.20 Å². The van der Waals surface area contributed by atoms with Crippen LogP contribution in [0.25, 0.3) is 10.9 Å². The molecule has 1 amide bonds. The highest BCUT2D eigenvalue weighted by Gasteiger charge is 2.36. The molecule has 1 saturated carbocycles. The van der Waals surface area contributed by atoms with Crippen molar-refractivity contribution in [3.63, 3.8) is 0 Å². The van der Waals surface area contributed by atoms with Crippen molar-refractivity contribution in [2.24, 2.45) is 5.92 Å². The average Bonchev–Trinajstić information content (AvgIpc) is 2.74. The monoisotopic (exact) mass is 411 g/mol. The van der Waals surface area contributed by atoms with Gasteiger partial charge in [-0.15, -0.1) is 0 Å². The van der Waals surface area contributed by atoms with Gasteiger partial charge in [0, 0.05) is 36.9 Å². The second-order valence-electron chi connectivity index (χ2n) is 8.86. The first-order valence-corrected chi connectivity index (χ1v) is 11.2. The van der Waals surface area contributed by atoms with E-state index < -0.39 is 0 Å². The van der Waals surface area contributed by atoms with Crippen molar-refractivity contribution in [2.45, 2.75) is 64.1 Å². The number of aromatic nitrogens is 2. The number of carbonyl (C=O) groups excluding carboxylic acids is 1. The van der Waals surface area contributed by atoms with Crippen LogP contribution in [0.1, 0.15) is 44.6 Å². The van der Waals surface area contributed by atoms with Crippen molar-refractivity contribution in [3.05, 3.63) is 30.1 Å². The minimum absolute atomic E-state index is 0.00570. The summed E-state index contributed by atoms with van der Waals surface area (Å²) in [6.45, 7) is 6.11. The number of pyridine rings is 2. The molecule has 0 aromatic carbocycles. The lowest BCUT2D eigenvalue weighted by Crippen LogP contribution is -2.63. The summed E-state index contributed by atoms with van der Waals surface area (Å²) in [6.07, 6.45) is 8.80. The molecular formula is C23H33N5O2. The maximum Gasteiger partial charge on any atom is 0.239 e. The van der Waals surface area contributed by atoms with Gasteiger partial charge in [0.25, 0.3) is 0 Å². The molecule has 1 saturated heterocycles. The van der Waals surface area contributed by atoms with Crippen LogP contribution >= 0.6 is 0 Å². The number of carbonyl (C=O) groups is 1. The van der Waals surface area contributed by atoms with Crippen LogP contribution in [0.4, 0.5) is 5.82 Å². The van der Waals surface area contributed by atoms with E-state index in [0.29, 0.717) is 17.8 Å². The zero-order chi connectivity index (χ0) is 21.1. The van der Waals surface area contributed by atoms with Crippen LogP contribution in [0.2, 0.25) is 0 Å². The van der Waals surface area contributed by atoms with Crippen LogP contribution in [-0.2, 0) is 4.79 Å². The van der Waals surface area contributed by atoms with E-state index in [1.165, 1.54) is 0 Å². The van der Waals surface area contributed by atoms with Crippen molar-refractivity contribution < 1.29 is 9.90 Å². The van der Waals surface area contributed by atoms with Crippen molar-refractivity contribution >= 4 is 22.6 Å². The molecule has 2 aromatic rings.